The monoisotopic (exact) mass is 361 g/mol. The zero-order valence-corrected chi connectivity index (χ0v) is 16.5. The molecule has 1 unspecified atom stereocenters. The van der Waals surface area contributed by atoms with E-state index in [0.717, 1.165) is 12.8 Å². The lowest BCUT2D eigenvalue weighted by Gasteiger charge is -2.29. The molecule has 26 heavy (non-hydrogen) atoms. The van der Waals surface area contributed by atoms with E-state index in [2.05, 4.69) is 33.7 Å². The summed E-state index contributed by atoms with van der Waals surface area (Å²) in [6.07, 6.45) is 16.7. The van der Waals surface area contributed by atoms with Gasteiger partial charge in [-0.05, 0) is 12.8 Å². The maximum absolute atomic E-state index is 12.0. The van der Waals surface area contributed by atoms with E-state index in [4.69, 9.17) is 5.73 Å². The van der Waals surface area contributed by atoms with Crippen molar-refractivity contribution in [3.05, 3.63) is 0 Å². The number of fused-ring (bicyclic) bond motifs is 1. The molecular weight excluding hydrogens is 326 g/mol. The standard InChI is InChI=1S/C20H35N5O/c1-3-5-7-9-11-13-16(14-12-10-8-6-4-2)25-15-22-17-18(25)23-20(21)24-19(17)26/h15-17H,3-14H2,1-2H3,(H2,21,24,26). The number of hydrogen-bond acceptors (Lipinski definition) is 5. The summed E-state index contributed by atoms with van der Waals surface area (Å²) >= 11 is 0. The van der Waals surface area contributed by atoms with Crippen LogP contribution in [0.2, 0.25) is 0 Å². The predicted molar refractivity (Wildman–Crippen MR) is 109 cm³/mol. The highest BCUT2D eigenvalue weighted by Crippen LogP contribution is 2.23. The van der Waals surface area contributed by atoms with Crippen molar-refractivity contribution in [3.8, 4) is 0 Å². The maximum Gasteiger partial charge on any atom is 0.281 e. The van der Waals surface area contributed by atoms with E-state index < -0.39 is 6.04 Å². The van der Waals surface area contributed by atoms with Gasteiger partial charge in [0.2, 0.25) is 5.96 Å². The average molecular weight is 362 g/mol. The van der Waals surface area contributed by atoms with Gasteiger partial charge >= 0.3 is 0 Å². The highest BCUT2D eigenvalue weighted by molar-refractivity contribution is 6.21. The second-order valence-electron chi connectivity index (χ2n) is 7.41. The normalized spacial score (nSPS) is 19.1. The Balaban J connectivity index is 1.94. The molecule has 0 bridgehead atoms. The molecule has 0 spiro atoms. The molecule has 0 fully saturated rings. The minimum atomic E-state index is -0.579. The summed E-state index contributed by atoms with van der Waals surface area (Å²) in [5, 5.41) is 0. The van der Waals surface area contributed by atoms with Crippen molar-refractivity contribution >= 4 is 24.0 Å². The molecule has 2 heterocycles. The number of amides is 1. The van der Waals surface area contributed by atoms with Crippen LogP contribution < -0.4 is 5.73 Å². The number of carbonyl (C=O) groups excluding carboxylic acids is 1. The second kappa shape index (κ2) is 11.1. The minimum Gasteiger partial charge on any atom is -0.368 e. The van der Waals surface area contributed by atoms with E-state index in [9.17, 15) is 4.79 Å². The SMILES string of the molecule is CCCCCCCC(CCCCCCC)N1C=NC2C(=O)N=C(N)N=C21. The van der Waals surface area contributed by atoms with Crippen LogP contribution in [0.1, 0.15) is 90.9 Å². The van der Waals surface area contributed by atoms with Gasteiger partial charge in [-0.25, -0.2) is 0 Å². The lowest BCUT2D eigenvalue weighted by atomic mass is 9.99. The number of amidine groups is 1. The molecule has 0 saturated carbocycles. The number of carbonyl (C=O) groups is 1. The Kier molecular flexibility index (Phi) is 8.78. The minimum absolute atomic E-state index is 0.0568. The Hall–Kier alpha value is -1.72. The largest absolute Gasteiger partial charge is 0.368 e. The Morgan fingerprint density at radius 2 is 1.54 bits per heavy atom. The topological polar surface area (TPSA) is 83.4 Å². The lowest BCUT2D eigenvalue weighted by molar-refractivity contribution is -0.117. The summed E-state index contributed by atoms with van der Waals surface area (Å²) in [6.45, 7) is 4.48. The number of aliphatic imine (C=N–C) groups is 3. The van der Waals surface area contributed by atoms with Crippen molar-refractivity contribution in [3.63, 3.8) is 0 Å². The number of rotatable bonds is 13. The van der Waals surface area contributed by atoms with E-state index in [1.807, 2.05) is 0 Å². The van der Waals surface area contributed by atoms with Gasteiger partial charge in [-0.3, -0.25) is 9.79 Å². The van der Waals surface area contributed by atoms with Crippen LogP contribution in [0, 0.1) is 0 Å². The highest BCUT2D eigenvalue weighted by Gasteiger charge is 2.37. The fourth-order valence-electron chi connectivity index (χ4n) is 3.69. The zero-order valence-electron chi connectivity index (χ0n) is 16.5. The van der Waals surface area contributed by atoms with E-state index in [-0.39, 0.29) is 11.9 Å². The van der Waals surface area contributed by atoms with Gasteiger partial charge in [0.15, 0.2) is 6.04 Å². The molecule has 0 aromatic rings. The number of guanidine groups is 1. The first kappa shape index (κ1) is 20.6. The van der Waals surface area contributed by atoms with E-state index in [0.29, 0.717) is 11.9 Å². The average Bonchev–Trinajstić information content (AvgIpc) is 3.03. The van der Waals surface area contributed by atoms with Gasteiger partial charge in [-0.2, -0.15) is 9.98 Å². The summed E-state index contributed by atoms with van der Waals surface area (Å²) in [6, 6.07) is -0.227. The lowest BCUT2D eigenvalue weighted by Crippen LogP contribution is -2.44. The Labute approximate surface area is 158 Å². The van der Waals surface area contributed by atoms with Crippen molar-refractivity contribution in [2.24, 2.45) is 20.7 Å². The molecular formula is C20H35N5O. The third kappa shape index (κ3) is 5.92. The summed E-state index contributed by atoms with van der Waals surface area (Å²) in [7, 11) is 0. The van der Waals surface area contributed by atoms with Crippen molar-refractivity contribution in [1.29, 1.82) is 0 Å². The number of hydrogen-bond donors (Lipinski definition) is 1. The molecule has 146 valence electrons. The molecule has 2 rings (SSSR count). The van der Waals surface area contributed by atoms with Crippen LogP contribution >= 0.6 is 0 Å². The zero-order chi connectivity index (χ0) is 18.8. The Bertz CT molecular complexity index is 526. The number of nitrogens with two attached hydrogens (primary N) is 1. The van der Waals surface area contributed by atoms with Gasteiger partial charge in [-0.15, -0.1) is 0 Å². The molecule has 0 aliphatic carbocycles. The van der Waals surface area contributed by atoms with Gasteiger partial charge in [0, 0.05) is 6.04 Å². The Morgan fingerprint density at radius 3 is 2.12 bits per heavy atom. The van der Waals surface area contributed by atoms with Gasteiger partial charge in [0.1, 0.15) is 5.84 Å². The molecule has 1 atom stereocenters. The van der Waals surface area contributed by atoms with Crippen LogP contribution in [0.3, 0.4) is 0 Å². The first-order valence-electron chi connectivity index (χ1n) is 10.5. The van der Waals surface area contributed by atoms with Gasteiger partial charge < -0.3 is 10.6 Å². The smallest absolute Gasteiger partial charge is 0.281 e. The van der Waals surface area contributed by atoms with Crippen LogP contribution in [0.15, 0.2) is 15.0 Å². The van der Waals surface area contributed by atoms with Crippen molar-refractivity contribution in [2.45, 2.75) is 103 Å². The summed E-state index contributed by atoms with van der Waals surface area (Å²) in [5.41, 5.74) is 5.71. The summed E-state index contributed by atoms with van der Waals surface area (Å²) in [5.74, 6) is 0.437. The van der Waals surface area contributed by atoms with Crippen LogP contribution in [0.4, 0.5) is 0 Å². The third-order valence-electron chi connectivity index (χ3n) is 5.21. The third-order valence-corrected chi connectivity index (χ3v) is 5.21. The first-order valence-corrected chi connectivity index (χ1v) is 10.5. The second-order valence-corrected chi connectivity index (χ2v) is 7.41. The van der Waals surface area contributed by atoms with Gasteiger partial charge in [-0.1, -0.05) is 78.1 Å². The van der Waals surface area contributed by atoms with E-state index in [1.165, 1.54) is 64.2 Å². The van der Waals surface area contributed by atoms with Crippen LogP contribution in [0.5, 0.6) is 0 Å². The van der Waals surface area contributed by atoms with E-state index >= 15 is 0 Å². The van der Waals surface area contributed by atoms with Crippen molar-refractivity contribution in [2.75, 3.05) is 0 Å². The Morgan fingerprint density at radius 1 is 0.962 bits per heavy atom. The van der Waals surface area contributed by atoms with Crippen LogP contribution in [-0.4, -0.2) is 41.0 Å². The molecule has 0 radical (unpaired) electrons. The van der Waals surface area contributed by atoms with Crippen LogP contribution in [-0.2, 0) is 4.79 Å². The molecule has 0 saturated heterocycles. The fraction of sp³-hybridized carbons (Fsp3) is 0.800. The molecule has 2 aliphatic heterocycles. The summed E-state index contributed by atoms with van der Waals surface area (Å²) in [4.78, 5) is 26.6. The molecule has 2 N–H and O–H groups in total. The van der Waals surface area contributed by atoms with Gasteiger partial charge in [0.05, 0.1) is 6.34 Å². The molecule has 1 amide bonds. The number of nitrogens with zero attached hydrogens (tertiary/aromatic N) is 4. The highest BCUT2D eigenvalue weighted by atomic mass is 16.2. The molecule has 0 aromatic carbocycles. The molecule has 0 aromatic heterocycles. The van der Waals surface area contributed by atoms with Crippen LogP contribution in [0.25, 0.3) is 0 Å². The number of unbranched alkanes of at least 4 members (excludes halogenated alkanes) is 8. The van der Waals surface area contributed by atoms with Crippen molar-refractivity contribution in [1.82, 2.24) is 4.90 Å². The van der Waals surface area contributed by atoms with E-state index in [1.54, 1.807) is 6.34 Å². The van der Waals surface area contributed by atoms with Crippen molar-refractivity contribution < 1.29 is 4.79 Å². The maximum atomic E-state index is 12.0. The molecule has 2 aliphatic rings. The quantitative estimate of drug-likeness (QED) is 0.502. The predicted octanol–water partition coefficient (Wildman–Crippen LogP) is 4.04. The fourth-order valence-corrected chi connectivity index (χ4v) is 3.69. The molecule has 6 nitrogen and oxygen atoms in total. The first-order chi connectivity index (χ1) is 12.7. The molecule has 6 heteroatoms. The van der Waals surface area contributed by atoms with Gasteiger partial charge in [0.25, 0.3) is 5.91 Å². The summed E-state index contributed by atoms with van der Waals surface area (Å²) < 4.78 is 0.